The van der Waals surface area contributed by atoms with Gasteiger partial charge < -0.3 is 4.74 Å². The van der Waals surface area contributed by atoms with Crippen LogP contribution >= 0.6 is 0 Å². The van der Waals surface area contributed by atoms with Gasteiger partial charge in [-0.3, -0.25) is 4.18 Å². The molecule has 8 nitrogen and oxygen atoms in total. The molecule has 0 saturated heterocycles. The highest BCUT2D eigenvalue weighted by atomic mass is 32.2. The third-order valence-corrected chi connectivity index (χ3v) is 4.08. The van der Waals surface area contributed by atoms with E-state index in [1.807, 2.05) is 6.92 Å². The Morgan fingerprint density at radius 1 is 1.33 bits per heavy atom. The maximum Gasteiger partial charge on any atom is 0.338 e. The van der Waals surface area contributed by atoms with Crippen LogP contribution in [0.1, 0.15) is 30.6 Å². The Balaban J connectivity index is 2.93. The van der Waals surface area contributed by atoms with Gasteiger partial charge in [-0.15, -0.1) is 0 Å². The topological polar surface area (TPSA) is 118 Å². The van der Waals surface area contributed by atoms with Crippen molar-refractivity contribution in [1.29, 1.82) is 0 Å². The van der Waals surface area contributed by atoms with E-state index in [-0.39, 0.29) is 12.5 Å². The minimum absolute atomic E-state index is 0.150. The van der Waals surface area contributed by atoms with Crippen LogP contribution in [0.15, 0.2) is 35.4 Å². The molecule has 0 bridgehead atoms. The highest BCUT2D eigenvalue weighted by molar-refractivity contribution is 7.86. The van der Waals surface area contributed by atoms with E-state index in [0.29, 0.717) is 12.0 Å². The molecule has 3 atom stereocenters. The lowest BCUT2D eigenvalue weighted by Gasteiger charge is -2.26. The molecule has 0 unspecified atom stereocenters. The van der Waals surface area contributed by atoms with Crippen LogP contribution in [0.5, 0.6) is 0 Å². The molecule has 1 aromatic carbocycles. The monoisotopic (exact) mass is 355 g/mol. The number of carbonyl (C=O) groups is 1. The second-order valence-corrected chi connectivity index (χ2v) is 6.99. The zero-order valence-electron chi connectivity index (χ0n) is 13.8. The maximum atomic E-state index is 12.0. The summed E-state index contributed by atoms with van der Waals surface area (Å²) in [6.45, 7) is 3.34. The molecule has 0 saturated carbocycles. The first-order valence-electron chi connectivity index (χ1n) is 7.43. The molecule has 24 heavy (non-hydrogen) atoms. The van der Waals surface area contributed by atoms with Crippen molar-refractivity contribution in [3.8, 4) is 0 Å². The highest BCUT2D eigenvalue weighted by Crippen LogP contribution is 2.20. The van der Waals surface area contributed by atoms with Crippen molar-refractivity contribution in [2.45, 2.75) is 32.4 Å². The second-order valence-electron chi connectivity index (χ2n) is 5.38. The van der Waals surface area contributed by atoms with Crippen molar-refractivity contribution in [1.82, 2.24) is 0 Å². The summed E-state index contributed by atoms with van der Waals surface area (Å²) in [5.41, 5.74) is 9.06. The van der Waals surface area contributed by atoms with Crippen LogP contribution in [-0.4, -0.2) is 39.4 Å². The molecule has 1 rings (SSSR count). The Kier molecular flexibility index (Phi) is 7.70. The van der Waals surface area contributed by atoms with E-state index in [1.165, 1.54) is 0 Å². The zero-order chi connectivity index (χ0) is 18.2. The predicted octanol–water partition coefficient (Wildman–Crippen LogP) is 2.91. The summed E-state index contributed by atoms with van der Waals surface area (Å²) >= 11 is 0. The minimum Gasteiger partial charge on any atom is -0.459 e. The fraction of sp³-hybridized carbons (Fsp3) is 0.533. The van der Waals surface area contributed by atoms with Crippen LogP contribution in [0.3, 0.4) is 0 Å². The largest absolute Gasteiger partial charge is 0.459 e. The average molecular weight is 355 g/mol. The van der Waals surface area contributed by atoms with Gasteiger partial charge in [-0.1, -0.05) is 43.6 Å². The lowest BCUT2D eigenvalue weighted by molar-refractivity contribution is 0.0236. The lowest BCUT2D eigenvalue weighted by Crippen LogP contribution is -2.38. The smallest absolute Gasteiger partial charge is 0.338 e. The van der Waals surface area contributed by atoms with E-state index in [9.17, 15) is 13.2 Å². The third-order valence-electron chi connectivity index (χ3n) is 3.48. The van der Waals surface area contributed by atoms with Gasteiger partial charge in [0.1, 0.15) is 12.7 Å². The van der Waals surface area contributed by atoms with Gasteiger partial charge >= 0.3 is 5.97 Å². The summed E-state index contributed by atoms with van der Waals surface area (Å²) in [4.78, 5) is 14.8. The number of ether oxygens (including phenoxy) is 1. The zero-order valence-corrected chi connectivity index (χ0v) is 14.6. The van der Waals surface area contributed by atoms with Gasteiger partial charge in [-0.05, 0) is 23.6 Å². The number of hydrogen-bond donors (Lipinski definition) is 0. The normalized spacial score (nSPS) is 15.0. The Labute approximate surface area is 141 Å². The van der Waals surface area contributed by atoms with E-state index in [1.54, 1.807) is 37.3 Å². The van der Waals surface area contributed by atoms with Crippen molar-refractivity contribution in [3.05, 3.63) is 46.3 Å². The van der Waals surface area contributed by atoms with Crippen LogP contribution in [-0.2, 0) is 19.0 Å². The fourth-order valence-corrected chi connectivity index (χ4v) is 2.70. The van der Waals surface area contributed by atoms with Crippen molar-refractivity contribution in [3.63, 3.8) is 0 Å². The molecule has 0 heterocycles. The number of esters is 1. The van der Waals surface area contributed by atoms with Crippen LogP contribution in [0.2, 0.25) is 0 Å². The van der Waals surface area contributed by atoms with Gasteiger partial charge in [-0.25, -0.2) is 4.79 Å². The molecule has 9 heteroatoms. The molecular weight excluding hydrogens is 334 g/mol. The predicted molar refractivity (Wildman–Crippen MR) is 88.8 cm³/mol. The first-order chi connectivity index (χ1) is 11.3. The molecule has 1 aromatic rings. The third kappa shape index (κ3) is 6.57. The number of rotatable bonds is 9. The van der Waals surface area contributed by atoms with E-state index in [2.05, 4.69) is 10.0 Å². The van der Waals surface area contributed by atoms with Gasteiger partial charge in [0, 0.05) is 4.91 Å². The van der Waals surface area contributed by atoms with Crippen LogP contribution in [0.25, 0.3) is 10.4 Å². The average Bonchev–Trinajstić information content (AvgIpc) is 2.55. The first kappa shape index (κ1) is 20.0. The lowest BCUT2D eigenvalue weighted by atomic mass is 9.95. The fourth-order valence-electron chi connectivity index (χ4n) is 2.08. The van der Waals surface area contributed by atoms with Crippen LogP contribution in [0, 0.1) is 5.92 Å². The number of azide groups is 1. The Morgan fingerprint density at radius 3 is 2.46 bits per heavy atom. The molecule has 0 fully saturated rings. The molecule has 0 aliphatic carbocycles. The standard InChI is InChI=1S/C15H21N3O5S/c1-4-11(2)14(17-18-16)13(23-24(3,20)21)10-22-15(19)12-8-6-5-7-9-12/h5-9,11,13-14H,4,10H2,1-3H3/t11-,13+,14-/m0/s1. The Morgan fingerprint density at radius 2 is 1.96 bits per heavy atom. The number of nitrogens with zero attached hydrogens (tertiary/aromatic N) is 3. The molecule has 0 aliphatic heterocycles. The van der Waals surface area contributed by atoms with E-state index in [0.717, 1.165) is 6.26 Å². The molecule has 0 radical (unpaired) electrons. The van der Waals surface area contributed by atoms with Crippen molar-refractivity contribution >= 4 is 16.1 Å². The van der Waals surface area contributed by atoms with Crippen molar-refractivity contribution in [2.75, 3.05) is 12.9 Å². The summed E-state index contributed by atoms with van der Waals surface area (Å²) < 4.78 is 33.1. The molecule has 0 aliphatic rings. The molecular formula is C15H21N3O5S. The van der Waals surface area contributed by atoms with Gasteiger partial charge in [0.2, 0.25) is 0 Å². The SMILES string of the molecule is CC[C@H](C)[C@H](N=[N+]=[N-])[C@@H](COC(=O)c1ccccc1)OS(C)(=O)=O. The summed E-state index contributed by atoms with van der Waals surface area (Å²) in [7, 11) is -3.82. The first-order valence-corrected chi connectivity index (χ1v) is 9.24. The van der Waals surface area contributed by atoms with Crippen molar-refractivity contribution < 1.29 is 22.1 Å². The summed E-state index contributed by atoms with van der Waals surface area (Å²) in [6.07, 6.45) is 0.446. The minimum atomic E-state index is -3.82. The summed E-state index contributed by atoms with van der Waals surface area (Å²) in [6, 6.07) is 7.50. The van der Waals surface area contributed by atoms with Crippen LogP contribution < -0.4 is 0 Å². The number of carbonyl (C=O) groups excluding carboxylic acids is 1. The quantitative estimate of drug-likeness (QED) is 0.222. The maximum absolute atomic E-state index is 12.0. The highest BCUT2D eigenvalue weighted by Gasteiger charge is 2.30. The van der Waals surface area contributed by atoms with Gasteiger partial charge in [-0.2, -0.15) is 8.42 Å². The Bertz CT molecular complexity index is 686. The van der Waals surface area contributed by atoms with Gasteiger partial charge in [0.15, 0.2) is 0 Å². The number of benzene rings is 1. The van der Waals surface area contributed by atoms with E-state index < -0.39 is 28.2 Å². The van der Waals surface area contributed by atoms with Crippen molar-refractivity contribution in [2.24, 2.45) is 11.0 Å². The van der Waals surface area contributed by atoms with Crippen LogP contribution in [0.4, 0.5) is 0 Å². The molecule has 0 spiro atoms. The molecule has 0 aromatic heterocycles. The molecule has 132 valence electrons. The van der Waals surface area contributed by atoms with E-state index >= 15 is 0 Å². The Hall–Kier alpha value is -2.09. The summed E-state index contributed by atoms with van der Waals surface area (Å²) in [5, 5.41) is 3.63. The van der Waals surface area contributed by atoms with Gasteiger partial charge in [0.05, 0.1) is 17.9 Å². The molecule has 0 amide bonds. The summed E-state index contributed by atoms with van der Waals surface area (Å²) in [5.74, 6) is -0.760. The van der Waals surface area contributed by atoms with E-state index in [4.69, 9.17) is 14.5 Å². The molecule has 0 N–H and O–H groups in total. The van der Waals surface area contributed by atoms with Gasteiger partial charge in [0.25, 0.3) is 10.1 Å². The number of hydrogen-bond acceptors (Lipinski definition) is 6. The second kappa shape index (κ2) is 9.27.